The Kier molecular flexibility index (Phi) is 4.37. The van der Waals surface area contributed by atoms with Gasteiger partial charge >= 0.3 is 5.69 Å². The molecule has 2 aromatic heterocycles. The van der Waals surface area contributed by atoms with Crippen LogP contribution in [0.15, 0.2) is 21.9 Å². The Morgan fingerprint density at radius 3 is 2.67 bits per heavy atom. The van der Waals surface area contributed by atoms with E-state index in [0.29, 0.717) is 17.9 Å². The van der Waals surface area contributed by atoms with E-state index >= 15 is 0 Å². The molecule has 21 heavy (non-hydrogen) atoms. The summed E-state index contributed by atoms with van der Waals surface area (Å²) >= 11 is 0. The molecule has 8 heteroatoms. The summed E-state index contributed by atoms with van der Waals surface area (Å²) in [5.74, 6) is 0. The Labute approximate surface area is 121 Å². The first-order valence-electron chi connectivity index (χ1n) is 6.85. The van der Waals surface area contributed by atoms with Crippen LogP contribution in [0.3, 0.4) is 0 Å². The van der Waals surface area contributed by atoms with Crippen LogP contribution in [0, 0.1) is 0 Å². The third kappa shape index (κ3) is 3.10. The second kappa shape index (κ2) is 6.04. The van der Waals surface area contributed by atoms with Crippen molar-refractivity contribution in [2.75, 3.05) is 0 Å². The van der Waals surface area contributed by atoms with Crippen molar-refractivity contribution in [1.29, 1.82) is 0 Å². The molecule has 0 fully saturated rings. The van der Waals surface area contributed by atoms with Gasteiger partial charge in [-0.2, -0.15) is 0 Å². The van der Waals surface area contributed by atoms with E-state index in [1.54, 1.807) is 17.9 Å². The van der Waals surface area contributed by atoms with Crippen LogP contribution in [0.1, 0.15) is 37.2 Å². The van der Waals surface area contributed by atoms with Gasteiger partial charge in [-0.15, -0.1) is 5.10 Å². The van der Waals surface area contributed by atoms with E-state index in [1.165, 1.54) is 17.7 Å². The van der Waals surface area contributed by atoms with Crippen LogP contribution in [0.2, 0.25) is 0 Å². The molecular formula is C13H20N6O2. The second-order valence-corrected chi connectivity index (χ2v) is 5.11. The van der Waals surface area contributed by atoms with Gasteiger partial charge in [0.1, 0.15) is 0 Å². The molecule has 0 bridgehead atoms. The zero-order valence-electron chi connectivity index (χ0n) is 12.5. The first kappa shape index (κ1) is 15.2. The number of rotatable bonds is 5. The predicted octanol–water partition coefficient (Wildman–Crippen LogP) is -0.476. The summed E-state index contributed by atoms with van der Waals surface area (Å²) in [7, 11) is 3.07. The standard InChI is InChI=1S/C13H20N6O2/c1-4-5-10(14)11-8-19(16-15-11)7-9-6-12(20)18(3)13(21)17(9)2/h6,8,10H,4-5,7,14H2,1-3H3. The molecule has 0 aliphatic rings. The summed E-state index contributed by atoms with van der Waals surface area (Å²) in [6.07, 6.45) is 3.56. The Morgan fingerprint density at radius 1 is 1.29 bits per heavy atom. The van der Waals surface area contributed by atoms with Crippen LogP contribution in [-0.2, 0) is 20.6 Å². The van der Waals surface area contributed by atoms with Crippen molar-refractivity contribution in [2.45, 2.75) is 32.4 Å². The van der Waals surface area contributed by atoms with Crippen LogP contribution < -0.4 is 17.0 Å². The van der Waals surface area contributed by atoms with E-state index in [2.05, 4.69) is 17.2 Å². The largest absolute Gasteiger partial charge is 0.330 e. The molecule has 0 aliphatic carbocycles. The summed E-state index contributed by atoms with van der Waals surface area (Å²) in [6.45, 7) is 2.35. The highest BCUT2D eigenvalue weighted by molar-refractivity contribution is 5.05. The van der Waals surface area contributed by atoms with Gasteiger partial charge in [-0.05, 0) is 6.42 Å². The van der Waals surface area contributed by atoms with E-state index in [9.17, 15) is 9.59 Å². The number of hydrogen-bond acceptors (Lipinski definition) is 5. The lowest BCUT2D eigenvalue weighted by atomic mass is 10.1. The van der Waals surface area contributed by atoms with Crippen molar-refractivity contribution in [1.82, 2.24) is 24.1 Å². The summed E-state index contributed by atoms with van der Waals surface area (Å²) in [5.41, 5.74) is 6.57. The van der Waals surface area contributed by atoms with Crippen LogP contribution >= 0.6 is 0 Å². The van der Waals surface area contributed by atoms with Crippen molar-refractivity contribution in [2.24, 2.45) is 19.8 Å². The highest BCUT2D eigenvalue weighted by atomic mass is 16.2. The molecule has 2 heterocycles. The lowest BCUT2D eigenvalue weighted by Crippen LogP contribution is -2.38. The fraction of sp³-hybridized carbons (Fsp3) is 0.538. The monoisotopic (exact) mass is 292 g/mol. The van der Waals surface area contributed by atoms with Gasteiger partial charge in [0.15, 0.2) is 0 Å². The molecule has 2 N–H and O–H groups in total. The van der Waals surface area contributed by atoms with Gasteiger partial charge in [0.2, 0.25) is 0 Å². The van der Waals surface area contributed by atoms with Gasteiger partial charge in [-0.25, -0.2) is 9.48 Å². The molecule has 1 unspecified atom stereocenters. The van der Waals surface area contributed by atoms with E-state index in [4.69, 9.17) is 5.73 Å². The minimum absolute atomic E-state index is 0.142. The third-order valence-corrected chi connectivity index (χ3v) is 3.49. The zero-order chi connectivity index (χ0) is 15.6. The molecule has 8 nitrogen and oxygen atoms in total. The predicted molar refractivity (Wildman–Crippen MR) is 77.9 cm³/mol. The topological polar surface area (TPSA) is 101 Å². The van der Waals surface area contributed by atoms with Gasteiger partial charge < -0.3 is 5.73 Å². The van der Waals surface area contributed by atoms with Crippen LogP contribution in [0.4, 0.5) is 0 Å². The lowest BCUT2D eigenvalue weighted by molar-refractivity contribution is 0.581. The average molecular weight is 292 g/mol. The van der Waals surface area contributed by atoms with E-state index in [1.807, 2.05) is 0 Å². The maximum absolute atomic E-state index is 11.9. The molecular weight excluding hydrogens is 272 g/mol. The van der Waals surface area contributed by atoms with E-state index in [0.717, 1.165) is 17.4 Å². The fourth-order valence-corrected chi connectivity index (χ4v) is 2.12. The highest BCUT2D eigenvalue weighted by Crippen LogP contribution is 2.12. The molecule has 0 aliphatic heterocycles. The van der Waals surface area contributed by atoms with Gasteiger partial charge in [-0.1, -0.05) is 18.6 Å². The Morgan fingerprint density at radius 2 is 2.00 bits per heavy atom. The first-order valence-corrected chi connectivity index (χ1v) is 6.85. The third-order valence-electron chi connectivity index (χ3n) is 3.49. The molecule has 1 atom stereocenters. The number of aromatic nitrogens is 5. The van der Waals surface area contributed by atoms with E-state index < -0.39 is 0 Å². The summed E-state index contributed by atoms with van der Waals surface area (Å²) in [5, 5.41) is 8.04. The van der Waals surface area contributed by atoms with Crippen molar-refractivity contribution < 1.29 is 0 Å². The SMILES string of the molecule is CCCC(N)c1cn(Cc2cc(=O)n(C)c(=O)n2C)nn1. The summed E-state index contributed by atoms with van der Waals surface area (Å²) in [4.78, 5) is 23.5. The quantitative estimate of drug-likeness (QED) is 0.802. The van der Waals surface area contributed by atoms with Gasteiger partial charge in [-0.3, -0.25) is 13.9 Å². The van der Waals surface area contributed by atoms with Crippen LogP contribution in [0.5, 0.6) is 0 Å². The van der Waals surface area contributed by atoms with Crippen molar-refractivity contribution in [3.05, 3.63) is 44.5 Å². The minimum atomic E-state index is -0.361. The second-order valence-electron chi connectivity index (χ2n) is 5.11. The normalized spacial score (nSPS) is 12.6. The number of hydrogen-bond donors (Lipinski definition) is 1. The molecule has 2 rings (SSSR count). The Balaban J connectivity index is 2.27. The van der Waals surface area contributed by atoms with Crippen molar-refractivity contribution in [3.8, 4) is 0 Å². The van der Waals surface area contributed by atoms with Crippen LogP contribution in [0.25, 0.3) is 0 Å². The average Bonchev–Trinajstić information content (AvgIpc) is 2.91. The molecule has 114 valence electrons. The minimum Gasteiger partial charge on any atom is -0.323 e. The fourth-order valence-electron chi connectivity index (χ4n) is 2.12. The number of nitrogens with zero attached hydrogens (tertiary/aromatic N) is 5. The molecule has 0 saturated heterocycles. The lowest BCUT2D eigenvalue weighted by Gasteiger charge is -2.09. The Bertz CT molecular complexity index is 742. The van der Waals surface area contributed by atoms with Crippen molar-refractivity contribution in [3.63, 3.8) is 0 Å². The Hall–Kier alpha value is -2.22. The van der Waals surface area contributed by atoms with E-state index in [-0.39, 0.29) is 17.3 Å². The highest BCUT2D eigenvalue weighted by Gasteiger charge is 2.11. The van der Waals surface area contributed by atoms with Crippen LogP contribution in [-0.4, -0.2) is 24.1 Å². The first-order chi connectivity index (χ1) is 9.93. The van der Waals surface area contributed by atoms with Crippen molar-refractivity contribution >= 4 is 0 Å². The zero-order valence-corrected chi connectivity index (χ0v) is 12.5. The van der Waals surface area contributed by atoms with Gasteiger partial charge in [0.05, 0.1) is 24.5 Å². The summed E-state index contributed by atoms with van der Waals surface area (Å²) < 4.78 is 4.07. The smallest absolute Gasteiger partial charge is 0.323 e. The molecule has 0 spiro atoms. The molecule has 2 aromatic rings. The molecule has 0 saturated carbocycles. The molecule has 0 radical (unpaired) electrons. The maximum Gasteiger partial charge on any atom is 0.330 e. The maximum atomic E-state index is 11.9. The summed E-state index contributed by atoms with van der Waals surface area (Å²) in [6, 6.07) is 1.28. The van der Waals surface area contributed by atoms with Gasteiger partial charge in [0.25, 0.3) is 5.56 Å². The number of nitrogens with two attached hydrogens (primary N) is 1. The molecule has 0 aromatic carbocycles. The van der Waals surface area contributed by atoms with Gasteiger partial charge in [0, 0.05) is 25.9 Å². The molecule has 0 amide bonds.